The maximum Gasteiger partial charge on any atom is 0.267 e. The molecule has 1 atom stereocenters. The van der Waals surface area contributed by atoms with E-state index in [0.29, 0.717) is 24.6 Å². The number of rotatable bonds is 7. The molecule has 0 unspecified atom stereocenters. The number of benzene rings is 2. The Morgan fingerprint density at radius 1 is 1.09 bits per heavy atom. The van der Waals surface area contributed by atoms with Gasteiger partial charge in [-0.1, -0.05) is 24.3 Å². The summed E-state index contributed by atoms with van der Waals surface area (Å²) in [5, 5.41) is 0. The summed E-state index contributed by atoms with van der Waals surface area (Å²) in [4.78, 5) is 25.5. The lowest BCUT2D eigenvalue weighted by molar-refractivity contribution is -0.143. The Balaban J connectivity index is 1.10. The molecule has 1 fully saturated rings. The summed E-state index contributed by atoms with van der Waals surface area (Å²) in [6.45, 7) is 3.04. The van der Waals surface area contributed by atoms with Crippen molar-refractivity contribution < 1.29 is 19.0 Å². The number of likely N-dealkylation sites (tertiary alicyclic amines) is 1. The second-order valence-corrected chi connectivity index (χ2v) is 9.02. The number of carbonyl (C=O) groups excluding carboxylic acids is 1. The van der Waals surface area contributed by atoms with Crippen LogP contribution in [0.5, 0.6) is 17.2 Å². The zero-order chi connectivity index (χ0) is 24.0. The topological polar surface area (TPSA) is 77.0 Å². The molecule has 1 amide bonds. The molecule has 3 aromatic rings. The van der Waals surface area contributed by atoms with E-state index in [0.717, 1.165) is 37.4 Å². The highest BCUT2D eigenvalue weighted by Gasteiger charge is 2.33. The second-order valence-electron chi connectivity index (χ2n) is 9.02. The summed E-state index contributed by atoms with van der Waals surface area (Å²) in [6.07, 6.45) is 6.24. The third-order valence-corrected chi connectivity index (χ3v) is 6.24. The molecule has 1 saturated heterocycles. The molecular weight excluding hydrogens is 444 g/mol. The van der Waals surface area contributed by atoms with Gasteiger partial charge in [-0.05, 0) is 36.9 Å². The van der Waals surface area contributed by atoms with E-state index >= 15 is 0 Å². The van der Waals surface area contributed by atoms with Gasteiger partial charge in [-0.15, -0.1) is 0 Å². The molecule has 0 radical (unpaired) electrons. The van der Waals surface area contributed by atoms with Crippen LogP contribution in [-0.2, 0) is 17.9 Å². The Hall–Kier alpha value is -3.65. The first kappa shape index (κ1) is 23.1. The number of hydrogen-bond acceptors (Lipinski definition) is 7. The molecule has 0 aliphatic carbocycles. The standard InChI is InChI=1S/C27H30N4O4/c1-30(18-21-16-28-11-12-29-21)17-20-5-4-6-23(15-20)34-22-9-13-31(14-10-22)27(32)26-19-33-24-7-2-3-8-25(24)35-26/h2-8,11-12,15-16,22,26H,9-10,13-14,17-19H2,1H3/t26-/m1/s1. The van der Waals surface area contributed by atoms with E-state index in [1.54, 1.807) is 18.6 Å². The maximum absolute atomic E-state index is 13.0. The summed E-state index contributed by atoms with van der Waals surface area (Å²) in [7, 11) is 2.06. The summed E-state index contributed by atoms with van der Waals surface area (Å²) in [5.41, 5.74) is 2.12. The number of nitrogens with zero attached hydrogens (tertiary/aromatic N) is 4. The van der Waals surface area contributed by atoms with Crippen LogP contribution in [0.2, 0.25) is 0 Å². The van der Waals surface area contributed by atoms with E-state index in [9.17, 15) is 4.79 Å². The van der Waals surface area contributed by atoms with E-state index in [4.69, 9.17) is 14.2 Å². The van der Waals surface area contributed by atoms with E-state index in [1.165, 1.54) is 5.56 Å². The Kier molecular flexibility index (Phi) is 7.09. The Morgan fingerprint density at radius 3 is 2.71 bits per heavy atom. The minimum atomic E-state index is -0.599. The van der Waals surface area contributed by atoms with Gasteiger partial charge in [-0.25, -0.2) is 0 Å². The Labute approximate surface area is 205 Å². The first-order valence-electron chi connectivity index (χ1n) is 12.0. The maximum atomic E-state index is 13.0. The lowest BCUT2D eigenvalue weighted by Crippen LogP contribution is -2.50. The molecular formula is C27H30N4O4. The second kappa shape index (κ2) is 10.7. The molecule has 3 heterocycles. The average molecular weight is 475 g/mol. The predicted octanol–water partition coefficient (Wildman–Crippen LogP) is 3.32. The van der Waals surface area contributed by atoms with Crippen LogP contribution in [0, 0.1) is 0 Å². The fourth-order valence-electron chi connectivity index (χ4n) is 4.50. The highest BCUT2D eigenvalue weighted by molar-refractivity contribution is 5.82. The number of carbonyl (C=O) groups is 1. The zero-order valence-corrected chi connectivity index (χ0v) is 19.9. The van der Waals surface area contributed by atoms with E-state index in [2.05, 4.69) is 34.0 Å². The lowest BCUT2D eigenvalue weighted by Gasteiger charge is -2.35. The summed E-state index contributed by atoms with van der Waals surface area (Å²) < 4.78 is 17.9. The normalized spacial score (nSPS) is 17.9. The van der Waals surface area contributed by atoms with Gasteiger partial charge in [-0.2, -0.15) is 0 Å². The minimum Gasteiger partial charge on any atom is -0.490 e. The van der Waals surface area contributed by atoms with Crippen molar-refractivity contribution in [2.75, 3.05) is 26.7 Å². The van der Waals surface area contributed by atoms with Crippen LogP contribution < -0.4 is 14.2 Å². The van der Waals surface area contributed by atoms with Gasteiger partial charge in [0.25, 0.3) is 5.91 Å². The SMILES string of the molecule is CN(Cc1cccc(OC2CCN(C(=O)[C@H]3COc4ccccc4O3)CC2)c1)Cc1cnccn1. The number of piperidine rings is 1. The van der Waals surface area contributed by atoms with Gasteiger partial charge >= 0.3 is 0 Å². The number of para-hydroxylation sites is 2. The van der Waals surface area contributed by atoms with Crippen molar-refractivity contribution in [2.45, 2.75) is 38.1 Å². The molecule has 2 aliphatic heterocycles. The number of ether oxygens (including phenoxy) is 3. The van der Waals surface area contributed by atoms with Gasteiger partial charge in [-0.3, -0.25) is 19.7 Å². The zero-order valence-electron chi connectivity index (χ0n) is 19.9. The molecule has 0 N–H and O–H groups in total. The van der Waals surface area contributed by atoms with Crippen LogP contribution in [0.4, 0.5) is 0 Å². The molecule has 2 aliphatic rings. The fraction of sp³-hybridized carbons (Fsp3) is 0.370. The summed E-state index contributed by atoms with van der Waals surface area (Å²) in [6, 6.07) is 15.7. The molecule has 0 spiro atoms. The van der Waals surface area contributed by atoms with E-state index < -0.39 is 6.10 Å². The van der Waals surface area contributed by atoms with Crippen LogP contribution in [0.15, 0.2) is 67.1 Å². The van der Waals surface area contributed by atoms with Crippen LogP contribution in [-0.4, -0.2) is 64.6 Å². The van der Waals surface area contributed by atoms with Crippen molar-refractivity contribution in [3.05, 3.63) is 78.4 Å². The summed E-state index contributed by atoms with van der Waals surface area (Å²) in [5.74, 6) is 2.15. The number of amides is 1. The predicted molar refractivity (Wildman–Crippen MR) is 130 cm³/mol. The third kappa shape index (κ3) is 5.89. The van der Waals surface area contributed by atoms with Gasteiger partial charge in [0.2, 0.25) is 6.10 Å². The molecule has 182 valence electrons. The van der Waals surface area contributed by atoms with Crippen LogP contribution in [0.25, 0.3) is 0 Å². The van der Waals surface area contributed by atoms with Crippen LogP contribution in [0.1, 0.15) is 24.1 Å². The van der Waals surface area contributed by atoms with Crippen molar-refractivity contribution in [1.82, 2.24) is 19.8 Å². The summed E-state index contributed by atoms with van der Waals surface area (Å²) >= 11 is 0. The molecule has 35 heavy (non-hydrogen) atoms. The molecule has 1 aromatic heterocycles. The van der Waals surface area contributed by atoms with Gasteiger partial charge < -0.3 is 19.1 Å². The van der Waals surface area contributed by atoms with Crippen LogP contribution >= 0.6 is 0 Å². The molecule has 8 nitrogen and oxygen atoms in total. The molecule has 0 saturated carbocycles. The van der Waals surface area contributed by atoms with Gasteiger partial charge in [0.15, 0.2) is 11.5 Å². The number of fused-ring (bicyclic) bond motifs is 1. The molecule has 0 bridgehead atoms. The van der Waals surface area contributed by atoms with Crippen molar-refractivity contribution in [3.8, 4) is 17.2 Å². The average Bonchev–Trinajstić information content (AvgIpc) is 2.89. The molecule has 2 aromatic carbocycles. The first-order chi connectivity index (χ1) is 17.1. The number of aromatic nitrogens is 2. The number of hydrogen-bond donors (Lipinski definition) is 0. The van der Waals surface area contributed by atoms with E-state index in [1.807, 2.05) is 41.3 Å². The largest absolute Gasteiger partial charge is 0.490 e. The van der Waals surface area contributed by atoms with Crippen LogP contribution in [0.3, 0.4) is 0 Å². The Morgan fingerprint density at radius 2 is 1.91 bits per heavy atom. The third-order valence-electron chi connectivity index (χ3n) is 6.24. The fourth-order valence-corrected chi connectivity index (χ4v) is 4.50. The first-order valence-corrected chi connectivity index (χ1v) is 12.0. The van der Waals surface area contributed by atoms with Gasteiger partial charge in [0.1, 0.15) is 18.5 Å². The quantitative estimate of drug-likeness (QED) is 0.520. The highest BCUT2D eigenvalue weighted by atomic mass is 16.6. The smallest absolute Gasteiger partial charge is 0.267 e. The van der Waals surface area contributed by atoms with E-state index in [-0.39, 0.29) is 18.6 Å². The van der Waals surface area contributed by atoms with Crippen molar-refractivity contribution in [1.29, 1.82) is 0 Å². The molecule has 8 heteroatoms. The highest BCUT2D eigenvalue weighted by Crippen LogP contribution is 2.31. The van der Waals surface area contributed by atoms with Gasteiger partial charge in [0, 0.05) is 57.6 Å². The lowest BCUT2D eigenvalue weighted by atomic mass is 10.1. The Bertz CT molecular complexity index is 1130. The van der Waals surface area contributed by atoms with Gasteiger partial charge in [0.05, 0.1) is 5.69 Å². The van der Waals surface area contributed by atoms with Crippen molar-refractivity contribution in [2.24, 2.45) is 0 Å². The monoisotopic (exact) mass is 474 g/mol. The van der Waals surface area contributed by atoms with Crippen molar-refractivity contribution >= 4 is 5.91 Å². The minimum absolute atomic E-state index is 0.0221. The van der Waals surface area contributed by atoms with Crippen molar-refractivity contribution in [3.63, 3.8) is 0 Å². The molecule has 5 rings (SSSR count).